The topological polar surface area (TPSA) is 12.0 Å². The third-order valence-corrected chi connectivity index (χ3v) is 5.30. The van der Waals surface area contributed by atoms with Gasteiger partial charge in [0, 0.05) is 26.6 Å². The maximum atomic E-state index is 5.92. The van der Waals surface area contributed by atoms with Gasteiger partial charge < -0.3 is 5.32 Å². The summed E-state index contributed by atoms with van der Waals surface area (Å²) in [5.74, 6) is 1.08. The van der Waals surface area contributed by atoms with Gasteiger partial charge in [-0.1, -0.05) is 24.6 Å². The number of nitrogens with one attached hydrogen (secondary N) is 1. The minimum Gasteiger partial charge on any atom is -0.313 e. The Bertz CT molecular complexity index is 482. The molecule has 0 bridgehead atoms. The molecule has 2 rings (SSSR count). The minimum absolute atomic E-state index is 0.522. The first-order valence-electron chi connectivity index (χ1n) is 6.92. The number of thiophene rings is 1. The molecule has 1 aromatic carbocycles. The average molecular weight is 326 g/mol. The lowest BCUT2D eigenvalue weighted by molar-refractivity contribution is 0.553. The van der Waals surface area contributed by atoms with Crippen LogP contribution in [0, 0.1) is 0 Å². The molecule has 108 valence electrons. The maximum absolute atomic E-state index is 5.92. The molecule has 0 aliphatic carbocycles. The molecule has 1 nitrogen and oxygen atoms in total. The third-order valence-electron chi connectivity index (χ3n) is 2.98. The molecule has 1 atom stereocenters. The van der Waals surface area contributed by atoms with E-state index < -0.39 is 0 Å². The van der Waals surface area contributed by atoms with Crippen LogP contribution in [0.25, 0.3) is 0 Å². The largest absolute Gasteiger partial charge is 0.313 e. The van der Waals surface area contributed by atoms with E-state index in [2.05, 4.69) is 41.9 Å². The second kappa shape index (κ2) is 8.73. The lowest BCUT2D eigenvalue weighted by Crippen LogP contribution is -2.33. The van der Waals surface area contributed by atoms with E-state index in [1.807, 2.05) is 35.2 Å². The number of hydrogen-bond acceptors (Lipinski definition) is 3. The fraction of sp³-hybridized carbons (Fsp3) is 0.375. The van der Waals surface area contributed by atoms with Gasteiger partial charge in [-0.15, -0.1) is 23.1 Å². The van der Waals surface area contributed by atoms with Crippen LogP contribution in [-0.2, 0) is 6.42 Å². The van der Waals surface area contributed by atoms with E-state index in [9.17, 15) is 0 Å². The third kappa shape index (κ3) is 5.49. The van der Waals surface area contributed by atoms with Crippen molar-refractivity contribution >= 4 is 34.7 Å². The monoisotopic (exact) mass is 325 g/mol. The normalized spacial score (nSPS) is 12.5. The van der Waals surface area contributed by atoms with Gasteiger partial charge in [0.1, 0.15) is 0 Å². The standard InChI is InChI=1S/C16H20ClNS2/c1-2-9-18-14(11-16-4-3-10-19-16)12-20-15-7-5-13(17)6-8-15/h3-8,10,14,18H,2,9,11-12H2,1H3. The van der Waals surface area contributed by atoms with Crippen LogP contribution in [0.1, 0.15) is 18.2 Å². The van der Waals surface area contributed by atoms with Crippen LogP contribution in [0.3, 0.4) is 0 Å². The van der Waals surface area contributed by atoms with Crippen LogP contribution in [0.5, 0.6) is 0 Å². The molecule has 0 radical (unpaired) electrons. The second-order valence-corrected chi connectivity index (χ2v) is 7.26. The van der Waals surface area contributed by atoms with Gasteiger partial charge in [0.25, 0.3) is 0 Å². The van der Waals surface area contributed by atoms with Crippen LogP contribution in [0.2, 0.25) is 5.02 Å². The highest BCUT2D eigenvalue weighted by Crippen LogP contribution is 2.22. The van der Waals surface area contributed by atoms with Crippen LogP contribution in [0.4, 0.5) is 0 Å². The van der Waals surface area contributed by atoms with E-state index in [1.54, 1.807) is 0 Å². The summed E-state index contributed by atoms with van der Waals surface area (Å²) in [6.45, 7) is 3.29. The van der Waals surface area contributed by atoms with Crippen molar-refractivity contribution in [3.63, 3.8) is 0 Å². The fourth-order valence-corrected chi connectivity index (χ4v) is 3.81. The van der Waals surface area contributed by atoms with Crippen LogP contribution in [-0.4, -0.2) is 18.3 Å². The molecule has 0 aliphatic rings. The number of halogens is 1. The minimum atomic E-state index is 0.522. The Hall–Kier alpha value is -0.480. The summed E-state index contributed by atoms with van der Waals surface area (Å²) in [6.07, 6.45) is 2.28. The first-order valence-corrected chi connectivity index (χ1v) is 9.16. The Labute approximate surface area is 134 Å². The van der Waals surface area contributed by atoms with Gasteiger partial charge in [0.15, 0.2) is 0 Å². The van der Waals surface area contributed by atoms with Crippen molar-refractivity contribution in [1.29, 1.82) is 0 Å². The van der Waals surface area contributed by atoms with E-state index in [1.165, 1.54) is 16.2 Å². The summed E-state index contributed by atoms with van der Waals surface area (Å²) in [5.41, 5.74) is 0. The molecule has 2 aromatic rings. The highest BCUT2D eigenvalue weighted by Gasteiger charge is 2.10. The van der Waals surface area contributed by atoms with Gasteiger partial charge in [-0.25, -0.2) is 0 Å². The number of benzene rings is 1. The van der Waals surface area contributed by atoms with E-state index in [-0.39, 0.29) is 0 Å². The summed E-state index contributed by atoms with van der Waals surface area (Å²) >= 11 is 9.65. The van der Waals surface area contributed by atoms with Gasteiger partial charge in [0.05, 0.1) is 0 Å². The molecule has 1 heterocycles. The SMILES string of the molecule is CCCNC(CSc1ccc(Cl)cc1)Cc1cccs1. The summed E-state index contributed by atoms with van der Waals surface area (Å²) in [6, 6.07) is 13.0. The highest BCUT2D eigenvalue weighted by atomic mass is 35.5. The predicted molar refractivity (Wildman–Crippen MR) is 92.3 cm³/mol. The molecule has 1 aromatic heterocycles. The second-order valence-electron chi connectivity index (χ2n) is 4.70. The molecule has 0 aliphatic heterocycles. The first kappa shape index (κ1) is 15.9. The van der Waals surface area contributed by atoms with Crippen LogP contribution < -0.4 is 5.32 Å². The van der Waals surface area contributed by atoms with Gasteiger partial charge in [0.2, 0.25) is 0 Å². The Balaban J connectivity index is 1.87. The summed E-state index contributed by atoms with van der Waals surface area (Å²) in [4.78, 5) is 2.74. The molecular weight excluding hydrogens is 306 g/mol. The van der Waals surface area contributed by atoms with Crippen molar-refractivity contribution in [2.75, 3.05) is 12.3 Å². The number of hydrogen-bond donors (Lipinski definition) is 1. The predicted octanol–water partition coefficient (Wildman–Crippen LogP) is 5.10. The fourth-order valence-electron chi connectivity index (χ4n) is 1.94. The molecule has 4 heteroatoms. The zero-order valence-electron chi connectivity index (χ0n) is 11.6. The molecule has 0 fully saturated rings. The average Bonchev–Trinajstić information content (AvgIpc) is 2.96. The van der Waals surface area contributed by atoms with Crippen molar-refractivity contribution in [2.24, 2.45) is 0 Å². The lowest BCUT2D eigenvalue weighted by atomic mass is 10.2. The van der Waals surface area contributed by atoms with E-state index >= 15 is 0 Å². The van der Waals surface area contributed by atoms with Crippen molar-refractivity contribution in [3.05, 3.63) is 51.7 Å². The summed E-state index contributed by atoms with van der Waals surface area (Å²) in [7, 11) is 0. The van der Waals surface area contributed by atoms with Gasteiger partial charge in [-0.3, -0.25) is 0 Å². The highest BCUT2D eigenvalue weighted by molar-refractivity contribution is 7.99. The summed E-state index contributed by atoms with van der Waals surface area (Å²) in [5, 5.41) is 6.60. The smallest absolute Gasteiger partial charge is 0.0406 e. The Morgan fingerprint density at radius 3 is 2.70 bits per heavy atom. The molecule has 0 amide bonds. The molecule has 0 saturated heterocycles. The van der Waals surface area contributed by atoms with Crippen LogP contribution >= 0.6 is 34.7 Å². The van der Waals surface area contributed by atoms with E-state index in [0.29, 0.717) is 6.04 Å². The number of thioether (sulfide) groups is 1. The van der Waals surface area contributed by atoms with E-state index in [0.717, 1.165) is 23.7 Å². The Kier molecular flexibility index (Phi) is 6.94. The first-order chi connectivity index (χ1) is 9.78. The van der Waals surface area contributed by atoms with Crippen molar-refractivity contribution in [1.82, 2.24) is 5.32 Å². The quantitative estimate of drug-likeness (QED) is 0.677. The van der Waals surface area contributed by atoms with Gasteiger partial charge in [-0.2, -0.15) is 0 Å². The van der Waals surface area contributed by atoms with Crippen molar-refractivity contribution in [2.45, 2.75) is 30.7 Å². The van der Waals surface area contributed by atoms with Crippen molar-refractivity contribution in [3.8, 4) is 0 Å². The van der Waals surface area contributed by atoms with Crippen LogP contribution in [0.15, 0.2) is 46.7 Å². The molecule has 1 N–H and O–H groups in total. The van der Waals surface area contributed by atoms with E-state index in [4.69, 9.17) is 11.6 Å². The van der Waals surface area contributed by atoms with Crippen molar-refractivity contribution < 1.29 is 0 Å². The number of rotatable bonds is 8. The molecule has 20 heavy (non-hydrogen) atoms. The molecule has 0 saturated carbocycles. The van der Waals surface area contributed by atoms with Gasteiger partial charge in [-0.05, 0) is 55.1 Å². The Morgan fingerprint density at radius 1 is 1.25 bits per heavy atom. The summed E-state index contributed by atoms with van der Waals surface area (Å²) < 4.78 is 0. The molecule has 0 spiro atoms. The lowest BCUT2D eigenvalue weighted by Gasteiger charge is -2.17. The molecule has 1 unspecified atom stereocenters. The maximum Gasteiger partial charge on any atom is 0.0406 e. The van der Waals surface area contributed by atoms with Gasteiger partial charge >= 0.3 is 0 Å². The zero-order chi connectivity index (χ0) is 14.2. The molecular formula is C16H20ClNS2. The Morgan fingerprint density at radius 2 is 2.05 bits per heavy atom. The zero-order valence-corrected chi connectivity index (χ0v) is 14.0.